The van der Waals surface area contributed by atoms with Gasteiger partial charge in [0.15, 0.2) is 29.4 Å². The summed E-state index contributed by atoms with van der Waals surface area (Å²) in [5.74, 6) is -6.94. The first-order valence-electron chi connectivity index (χ1n) is 11.1. The number of pyridine rings is 1. The second kappa shape index (κ2) is 7.48. The molecule has 0 fully saturated rings. The van der Waals surface area contributed by atoms with Crippen LogP contribution in [0.1, 0.15) is 69.5 Å². The zero-order valence-corrected chi connectivity index (χ0v) is 20.8. The Bertz CT molecular complexity index is 1860. The lowest BCUT2D eigenvalue weighted by atomic mass is 9.76. The van der Waals surface area contributed by atoms with Gasteiger partial charge in [-0.2, -0.15) is 0 Å². The van der Waals surface area contributed by atoms with E-state index in [0.717, 1.165) is 13.2 Å². The van der Waals surface area contributed by atoms with E-state index in [1.54, 1.807) is 0 Å². The van der Waals surface area contributed by atoms with Crippen molar-refractivity contribution in [3.8, 4) is 17.2 Å². The van der Waals surface area contributed by atoms with E-state index in [2.05, 4.69) is 20.9 Å². The Hall–Kier alpha value is -4.58. The fraction of sp³-hybridized carbons (Fsp3) is 0.154. The summed E-state index contributed by atoms with van der Waals surface area (Å²) < 4.78 is 5.16. The first-order valence-corrected chi connectivity index (χ1v) is 11.9. The monoisotopic (exact) mass is 579 g/mol. The Morgan fingerprint density at radius 1 is 0.974 bits per heavy atom. The molecule has 0 radical (unpaired) electrons. The Morgan fingerprint density at radius 3 is 2.21 bits per heavy atom. The molecule has 1 aromatic heterocycles. The number of hydrogen-bond acceptors (Lipinski definition) is 10. The quantitative estimate of drug-likeness (QED) is 0.199. The van der Waals surface area contributed by atoms with Crippen LogP contribution in [-0.2, 0) is 16.6 Å². The molecule has 0 aliphatic heterocycles. The predicted octanol–water partition coefficient (Wildman–Crippen LogP) is 2.39. The molecule has 1 atom stereocenters. The number of Topliss-reactive ketones (excluding diaryl/α,β-unsaturated/α-hetero) is 3. The zero-order valence-electron chi connectivity index (χ0n) is 19.2. The van der Waals surface area contributed by atoms with E-state index in [4.69, 9.17) is 4.74 Å². The lowest BCUT2D eigenvalue weighted by Gasteiger charge is -2.23. The number of allylic oxidation sites excluding steroid dienone is 2. The van der Waals surface area contributed by atoms with Gasteiger partial charge in [-0.3, -0.25) is 28.8 Å². The minimum atomic E-state index is -2.16. The number of aromatic hydroxyl groups is 3. The molecular formula is C26H14BrNO10. The smallest absolute Gasteiger partial charge is 0.260 e. The van der Waals surface area contributed by atoms with Crippen LogP contribution in [0, 0.1) is 0 Å². The SMILES string of the molecule is COC1=CC(=O)c2c(O)c3c(c(O)c2C1=O)C(=O)C1(CCc2c1c(O)c1c(=O)[nH]c(C=O)cc1c2Br)C3=O. The summed E-state index contributed by atoms with van der Waals surface area (Å²) in [5.41, 5.74) is -5.60. The number of fused-ring (bicyclic) bond motifs is 5. The molecule has 3 aliphatic carbocycles. The van der Waals surface area contributed by atoms with E-state index in [-0.39, 0.29) is 39.3 Å². The lowest BCUT2D eigenvalue weighted by Crippen LogP contribution is -2.36. The van der Waals surface area contributed by atoms with E-state index in [1.165, 1.54) is 6.07 Å². The number of ketones is 4. The summed E-state index contributed by atoms with van der Waals surface area (Å²) in [5, 5.41) is 33.3. The Balaban J connectivity index is 1.68. The number of phenols is 3. The van der Waals surface area contributed by atoms with Crippen molar-refractivity contribution in [2.75, 3.05) is 7.11 Å². The first kappa shape index (κ1) is 23.8. The van der Waals surface area contributed by atoms with E-state index >= 15 is 0 Å². The Kier molecular flexibility index (Phi) is 4.68. The Labute approximate surface area is 219 Å². The van der Waals surface area contributed by atoms with Gasteiger partial charge in [-0.1, -0.05) is 0 Å². The molecular weight excluding hydrogens is 566 g/mol. The molecule has 12 heteroatoms. The molecule has 3 aliphatic rings. The number of aldehydes is 1. The van der Waals surface area contributed by atoms with Gasteiger partial charge in [-0.15, -0.1) is 0 Å². The molecule has 38 heavy (non-hydrogen) atoms. The van der Waals surface area contributed by atoms with Gasteiger partial charge in [-0.05, 0) is 40.4 Å². The highest BCUT2D eigenvalue weighted by atomic mass is 79.9. The molecule has 0 saturated heterocycles. The normalized spacial score (nSPS) is 19.6. The largest absolute Gasteiger partial charge is 0.507 e. The molecule has 3 aromatic rings. The number of benzene rings is 2. The van der Waals surface area contributed by atoms with E-state index < -0.39 is 79.4 Å². The van der Waals surface area contributed by atoms with Gasteiger partial charge >= 0.3 is 0 Å². The topological polar surface area (TPSA) is 188 Å². The third-order valence-electron chi connectivity index (χ3n) is 7.49. The number of carbonyl (C=O) groups excluding carboxylic acids is 5. The number of carbonyl (C=O) groups is 5. The lowest BCUT2D eigenvalue weighted by molar-refractivity contribution is 0.0790. The minimum absolute atomic E-state index is 0.0581. The second-order valence-electron chi connectivity index (χ2n) is 9.14. The van der Waals surface area contributed by atoms with Crippen LogP contribution in [0.2, 0.25) is 0 Å². The molecule has 1 spiro atoms. The fourth-order valence-corrected chi connectivity index (χ4v) is 6.58. The van der Waals surface area contributed by atoms with Crippen LogP contribution >= 0.6 is 15.9 Å². The summed E-state index contributed by atoms with van der Waals surface area (Å²) in [4.78, 5) is 79.9. The molecule has 0 saturated carbocycles. The number of phenolic OH excluding ortho intramolecular Hbond substituents is 3. The van der Waals surface area contributed by atoms with Crippen molar-refractivity contribution in [3.05, 3.63) is 71.8 Å². The zero-order chi connectivity index (χ0) is 27.4. The van der Waals surface area contributed by atoms with E-state index in [0.29, 0.717) is 11.8 Å². The van der Waals surface area contributed by atoms with Crippen LogP contribution in [0.5, 0.6) is 17.2 Å². The van der Waals surface area contributed by atoms with Crippen molar-refractivity contribution in [1.82, 2.24) is 4.98 Å². The summed E-state index contributed by atoms with van der Waals surface area (Å²) in [7, 11) is 1.12. The number of hydrogen-bond donors (Lipinski definition) is 4. The summed E-state index contributed by atoms with van der Waals surface area (Å²) in [6.45, 7) is 0. The van der Waals surface area contributed by atoms with E-state index in [1.807, 2.05) is 0 Å². The van der Waals surface area contributed by atoms with Crippen LogP contribution < -0.4 is 5.56 Å². The molecule has 1 unspecified atom stereocenters. The molecule has 6 rings (SSSR count). The highest BCUT2D eigenvalue weighted by molar-refractivity contribution is 9.10. The van der Waals surface area contributed by atoms with Gasteiger partial charge in [0.05, 0.1) is 40.4 Å². The van der Waals surface area contributed by atoms with Crippen molar-refractivity contribution in [2.45, 2.75) is 18.3 Å². The summed E-state index contributed by atoms with van der Waals surface area (Å²) >= 11 is 3.37. The number of methoxy groups -OCH3 is 1. The van der Waals surface area contributed by atoms with Gasteiger partial charge in [0.1, 0.15) is 22.7 Å². The average Bonchev–Trinajstić information content (AvgIpc) is 3.40. The van der Waals surface area contributed by atoms with Crippen molar-refractivity contribution < 1.29 is 44.0 Å². The molecule has 190 valence electrons. The van der Waals surface area contributed by atoms with Crippen molar-refractivity contribution in [3.63, 3.8) is 0 Å². The minimum Gasteiger partial charge on any atom is -0.507 e. The maximum atomic E-state index is 14.0. The van der Waals surface area contributed by atoms with E-state index in [9.17, 15) is 44.1 Å². The average molecular weight is 580 g/mol. The molecule has 0 bridgehead atoms. The molecule has 0 amide bonds. The van der Waals surface area contributed by atoms with Crippen molar-refractivity contribution in [1.29, 1.82) is 0 Å². The molecule has 11 nitrogen and oxygen atoms in total. The molecule has 2 aromatic carbocycles. The Morgan fingerprint density at radius 2 is 1.61 bits per heavy atom. The number of H-pyrrole nitrogens is 1. The third kappa shape index (κ3) is 2.52. The van der Waals surface area contributed by atoms with Crippen LogP contribution in [0.25, 0.3) is 10.8 Å². The number of ether oxygens (including phenoxy) is 1. The number of aromatic amines is 1. The maximum Gasteiger partial charge on any atom is 0.260 e. The van der Waals surface area contributed by atoms with Gasteiger partial charge in [0.25, 0.3) is 5.56 Å². The number of aromatic nitrogens is 1. The van der Waals surface area contributed by atoms with Crippen molar-refractivity contribution >= 4 is 56.1 Å². The third-order valence-corrected chi connectivity index (χ3v) is 8.40. The highest BCUT2D eigenvalue weighted by Crippen LogP contribution is 2.58. The molecule has 1 heterocycles. The maximum absolute atomic E-state index is 14.0. The highest BCUT2D eigenvalue weighted by Gasteiger charge is 2.62. The predicted molar refractivity (Wildman–Crippen MR) is 132 cm³/mol. The number of rotatable bonds is 2. The second-order valence-corrected chi connectivity index (χ2v) is 9.94. The summed E-state index contributed by atoms with van der Waals surface area (Å²) in [6.07, 6.45) is 1.07. The number of nitrogens with one attached hydrogen (secondary N) is 1. The van der Waals surface area contributed by atoms with Gasteiger partial charge in [-0.25, -0.2) is 0 Å². The fourth-order valence-electron chi connectivity index (χ4n) is 5.87. The first-order chi connectivity index (χ1) is 18.0. The van der Waals surface area contributed by atoms with Gasteiger partial charge in [0.2, 0.25) is 5.78 Å². The van der Waals surface area contributed by atoms with Crippen molar-refractivity contribution in [2.24, 2.45) is 0 Å². The van der Waals surface area contributed by atoms with Crippen LogP contribution in [0.4, 0.5) is 0 Å². The van der Waals surface area contributed by atoms with Crippen LogP contribution in [-0.4, -0.2) is 56.8 Å². The molecule has 4 N–H and O–H groups in total. The van der Waals surface area contributed by atoms with Gasteiger partial charge < -0.3 is 25.0 Å². The van der Waals surface area contributed by atoms with Gasteiger partial charge in [0, 0.05) is 21.5 Å². The number of halogens is 1. The van der Waals surface area contributed by atoms with Crippen LogP contribution in [0.15, 0.2) is 27.2 Å². The van der Waals surface area contributed by atoms with Crippen LogP contribution in [0.3, 0.4) is 0 Å². The standard InChI is InChI=1S/C26H14BrNO10/c1-38-11-5-10(30)13-14(19(11)31)21(33)16-15(20(13)32)23(35)26(24(16)36)3-2-8-17(26)22(34)12-9(18(8)27)4-7(6-29)28-25(12)37/h4-6,32-34H,2-3H2,1H3,(H,28,37). The summed E-state index contributed by atoms with van der Waals surface area (Å²) in [6, 6.07) is 1.33.